The Morgan fingerprint density at radius 2 is 1.01 bits per heavy atom. The number of aliphatic hydroxyl groups is 1. The van der Waals surface area contributed by atoms with E-state index in [0.717, 1.165) is 9.13 Å². The number of nitrogens with zero attached hydrogens (tertiary/aromatic N) is 9. The van der Waals surface area contributed by atoms with Gasteiger partial charge in [0.1, 0.15) is 8.07 Å². The third-order valence-electron chi connectivity index (χ3n) is 10.1. The Bertz CT molecular complexity index is 2460. The van der Waals surface area contributed by atoms with E-state index in [1.54, 1.807) is 32.0 Å². The fourth-order valence-corrected chi connectivity index (χ4v) is 21.1. The molecule has 1 N–H and O–H groups in total. The van der Waals surface area contributed by atoms with Crippen LogP contribution in [0.3, 0.4) is 0 Å². The van der Waals surface area contributed by atoms with Crippen molar-refractivity contribution in [3.8, 4) is 0 Å². The maximum Gasteiger partial charge on any atom is 0.306 e. The van der Waals surface area contributed by atoms with Crippen molar-refractivity contribution < 1.29 is 66.8 Å². The van der Waals surface area contributed by atoms with E-state index in [1.807, 2.05) is 38.1 Å². The predicted octanol–water partition coefficient (Wildman–Crippen LogP) is 18.8. The van der Waals surface area contributed by atoms with E-state index in [0.29, 0.717) is 5.56 Å². The Balaban J connectivity index is 0.000000498. The van der Waals surface area contributed by atoms with Crippen LogP contribution in [0.4, 0.5) is 55.5 Å². The average molecular weight is 1460 g/mol. The minimum atomic E-state index is -4.44. The molecule has 3 aromatic rings. The Kier molecular flexibility index (Phi) is 25.1. The summed E-state index contributed by atoms with van der Waals surface area (Å²) >= 11 is -10.9. The number of alkyl halides is 14. The summed E-state index contributed by atoms with van der Waals surface area (Å²) in [7, 11) is 2.52. The van der Waals surface area contributed by atoms with E-state index >= 15 is 0 Å². The molecule has 0 unspecified atom stereocenters. The van der Waals surface area contributed by atoms with Crippen molar-refractivity contribution in [3.63, 3.8) is 0 Å². The molecule has 5 rings (SSSR count). The number of fused-ring (bicyclic) bond motifs is 2. The van der Waals surface area contributed by atoms with E-state index < -0.39 is 155 Å². The quantitative estimate of drug-likeness (QED) is 0.0269. The van der Waals surface area contributed by atoms with Crippen molar-refractivity contribution in [3.05, 3.63) is 132 Å². The van der Waals surface area contributed by atoms with Gasteiger partial charge in [-0.15, -0.1) is 12.4 Å². The molecule has 0 saturated heterocycles. The normalized spacial score (nSPS) is 16.4. The van der Waals surface area contributed by atoms with Crippen LogP contribution in [0.25, 0.3) is 31.3 Å². The zero-order valence-electron chi connectivity index (χ0n) is 40.3. The molecule has 0 bridgehead atoms. The molecular formula is C42H53Cl2F13I3N9O3Si. The molecule has 3 aromatic carbocycles. The van der Waals surface area contributed by atoms with E-state index in [1.165, 1.54) is 63.8 Å². The second kappa shape index (κ2) is 26.7. The molecule has 0 amide bonds. The van der Waals surface area contributed by atoms with Gasteiger partial charge in [-0.3, -0.25) is 0 Å². The van der Waals surface area contributed by atoms with Gasteiger partial charge in [-0.25, -0.2) is 17.6 Å². The van der Waals surface area contributed by atoms with E-state index in [9.17, 15) is 60.7 Å². The molecule has 2 heterocycles. The van der Waals surface area contributed by atoms with Gasteiger partial charge in [-0.05, 0) is 5.53 Å². The van der Waals surface area contributed by atoms with Crippen molar-refractivity contribution in [2.45, 2.75) is 128 Å². The van der Waals surface area contributed by atoms with Crippen LogP contribution in [0, 0.1) is 10.7 Å². The van der Waals surface area contributed by atoms with Crippen LogP contribution >= 0.6 is 81.0 Å². The van der Waals surface area contributed by atoms with Gasteiger partial charge in [-0.2, -0.15) is 0 Å². The molecule has 0 radical (unpaired) electrons. The summed E-state index contributed by atoms with van der Waals surface area (Å²) in [5.41, 5.74) is 18.8. The van der Waals surface area contributed by atoms with Crippen LogP contribution in [0.5, 0.6) is 0 Å². The first kappa shape index (κ1) is 68.6. The molecule has 73 heavy (non-hydrogen) atoms. The van der Waals surface area contributed by atoms with Gasteiger partial charge < -0.3 is 0 Å². The summed E-state index contributed by atoms with van der Waals surface area (Å²) in [6, 6.07) is 19.4. The smallest absolute Gasteiger partial charge is 0.205 e. The monoisotopic (exact) mass is 1460 g/mol. The Morgan fingerprint density at radius 3 is 1.45 bits per heavy atom. The summed E-state index contributed by atoms with van der Waals surface area (Å²) in [6.45, 7) is 11.2. The average Bonchev–Trinajstić information content (AvgIpc) is 3.70. The molecule has 0 aromatic heterocycles. The summed E-state index contributed by atoms with van der Waals surface area (Å²) in [4.78, 5) is 6.81. The first-order valence-corrected chi connectivity index (χ1v) is 35.1. The second-order valence-corrected chi connectivity index (χ2v) is 36.0. The molecule has 2 aliphatic rings. The van der Waals surface area contributed by atoms with Crippen molar-refractivity contribution in [2.24, 2.45) is 15.3 Å². The fraction of sp³-hybridized carbons (Fsp3) is 0.571. The number of benzene rings is 3. The van der Waals surface area contributed by atoms with Crippen molar-refractivity contribution in [2.75, 3.05) is 19.6 Å². The predicted molar refractivity (Wildman–Crippen MR) is 284 cm³/mol. The minimum Gasteiger partial charge on any atom is -0.205 e. The summed E-state index contributed by atoms with van der Waals surface area (Å²) < 4.78 is 182. The van der Waals surface area contributed by atoms with E-state index in [4.69, 9.17) is 31.6 Å². The number of rotatable bonds is 17. The van der Waals surface area contributed by atoms with E-state index in [2.05, 4.69) is 30.1 Å². The number of hydrogen-bond donors (Lipinski definition) is 1. The molecule has 0 aliphatic carbocycles. The molecule has 0 fully saturated rings. The molecular weight excluding hydrogens is 1410 g/mol. The van der Waals surface area contributed by atoms with Crippen molar-refractivity contribution >= 4 is 89.1 Å². The van der Waals surface area contributed by atoms with Gasteiger partial charge in [0, 0.05) is 17.9 Å². The van der Waals surface area contributed by atoms with Crippen LogP contribution in [0.15, 0.2) is 88.1 Å². The minimum absolute atomic E-state index is 0. The Labute approximate surface area is 447 Å². The van der Waals surface area contributed by atoms with Gasteiger partial charge >= 0.3 is 359 Å². The van der Waals surface area contributed by atoms with Crippen LogP contribution in [0.2, 0.25) is 19.6 Å². The van der Waals surface area contributed by atoms with Gasteiger partial charge in [-0.1, -0.05) is 24.8 Å². The van der Waals surface area contributed by atoms with Crippen molar-refractivity contribution in [1.29, 1.82) is 0 Å². The number of hydrogen-bond acceptors (Lipinski definition) is 6. The summed E-state index contributed by atoms with van der Waals surface area (Å²) in [5.74, 6) is -12.8. The van der Waals surface area contributed by atoms with Gasteiger partial charge in [0.25, 0.3) is 5.55 Å². The van der Waals surface area contributed by atoms with Crippen LogP contribution < -0.4 is 0 Å². The zero-order valence-corrected chi connectivity index (χ0v) is 49.3. The van der Waals surface area contributed by atoms with Gasteiger partial charge in [0.15, 0.2) is 0 Å². The Morgan fingerprint density at radius 1 is 0.630 bits per heavy atom. The van der Waals surface area contributed by atoms with Crippen LogP contribution in [-0.4, -0.2) is 64.0 Å². The first-order valence-electron chi connectivity index (χ1n) is 20.9. The number of halogens is 18. The van der Waals surface area contributed by atoms with Gasteiger partial charge in [0.05, 0.1) is 0 Å². The second-order valence-electron chi connectivity index (χ2n) is 17.9. The maximum atomic E-state index is 14.4. The molecule has 2 aliphatic heterocycles. The SMILES string of the molecule is CC(C)(O)c1ccccc1I(Cl)C(F)(F)C(F)(F)CCN=[N+]=[N-].CC1(C)OI(C(F)(F)C(F)(F)CCN=[N+]=[N-])c2ccccc21.CC1(C)OI(F)c2ccccc21.C[Si](C)(C)C(F)(F)C(F)(F)CCN=[N+]=[N-].Cl. The molecule has 12 nitrogen and oxygen atoms in total. The van der Waals surface area contributed by atoms with Crippen LogP contribution in [0.1, 0.15) is 77.5 Å². The summed E-state index contributed by atoms with van der Waals surface area (Å²) in [6.07, 6.45) is -3.62. The molecule has 0 saturated carbocycles. The zero-order chi connectivity index (χ0) is 55.6. The summed E-state index contributed by atoms with van der Waals surface area (Å²) in [5, 5.41) is 18.6. The Hall–Kier alpha value is -2.45. The molecule has 0 atom stereocenters. The van der Waals surface area contributed by atoms with Gasteiger partial charge in [0.2, 0.25) is 0 Å². The largest absolute Gasteiger partial charge is 0.306 e. The third-order valence-corrected chi connectivity index (χ3v) is 27.4. The topological polar surface area (TPSA) is 185 Å². The maximum absolute atomic E-state index is 14.4. The van der Waals surface area contributed by atoms with Crippen LogP contribution in [-0.2, 0) is 22.9 Å². The first-order chi connectivity index (χ1) is 32.8. The van der Waals surface area contributed by atoms with Crippen molar-refractivity contribution in [1.82, 2.24) is 0 Å². The molecule has 31 heteroatoms. The standard InChI is InChI=1S/C13H15ClF4IN3O.C13H14F4IN3O.C9H10FIO.C7H13F4N3Si.ClH/c1-11(2,23)9-5-3-4-6-10(9)19(14)13(17,18)12(15,16)7-8-21-22-20;1-11(2)9-5-3-4-6-10(9)18(22-11)13(16,17)12(14,15)7-8-20-21-19;1-9(2)7-5-3-4-6-8(7)11(10)12-9;1-15(2,3)7(10,11)6(8,9)4-5-13-14-12;/h3-6,23H,7-8H2,1-2H3;3-6H,7-8H2,1-2H3;3-6H,1-2H3;4-5H2,1-3H3;1H. The molecule has 0 spiro atoms. The fourth-order valence-electron chi connectivity index (χ4n) is 6.05. The number of azide groups is 3. The van der Waals surface area contributed by atoms with E-state index in [-0.39, 0.29) is 25.1 Å². The molecule has 414 valence electrons. The third kappa shape index (κ3) is 17.0.